The Bertz CT molecular complexity index is 777. The highest BCUT2D eigenvalue weighted by Crippen LogP contribution is 2.23. The van der Waals surface area contributed by atoms with E-state index in [2.05, 4.69) is 15.4 Å². The summed E-state index contributed by atoms with van der Waals surface area (Å²) < 4.78 is 12.2. The molecule has 0 radical (unpaired) electrons. The topological polar surface area (TPSA) is 98.6 Å². The standard InChI is InChI=1S/C17H21N5O4/c1-12-7-13(3-4-15(12)22-6-5-19-17(22)24)16(23)26-14(9-25-2)8-21-11-18-10-20-21/h3-4,7,10-11,14H,5-6,8-9H2,1-2H3,(H,19,24). The summed E-state index contributed by atoms with van der Waals surface area (Å²) in [6.45, 7) is 3.68. The van der Waals surface area contributed by atoms with Crippen LogP contribution in [0.3, 0.4) is 0 Å². The summed E-state index contributed by atoms with van der Waals surface area (Å²) in [5.41, 5.74) is 2.04. The Hall–Kier alpha value is -2.94. The first-order valence-corrected chi connectivity index (χ1v) is 8.27. The molecule has 1 aliphatic rings. The minimum atomic E-state index is -0.487. The summed E-state index contributed by atoms with van der Waals surface area (Å²) in [6.07, 6.45) is 2.48. The quantitative estimate of drug-likeness (QED) is 0.740. The van der Waals surface area contributed by atoms with Crippen LogP contribution in [0.1, 0.15) is 15.9 Å². The molecule has 2 heterocycles. The number of carbonyl (C=O) groups excluding carboxylic acids is 2. The third kappa shape index (κ3) is 3.99. The van der Waals surface area contributed by atoms with E-state index in [0.29, 0.717) is 25.2 Å². The Morgan fingerprint density at radius 1 is 1.42 bits per heavy atom. The number of rotatable bonds is 7. The molecule has 0 aliphatic carbocycles. The number of nitrogens with zero attached hydrogens (tertiary/aromatic N) is 4. The number of benzene rings is 1. The minimum Gasteiger partial charge on any atom is -0.454 e. The van der Waals surface area contributed by atoms with Crippen LogP contribution < -0.4 is 10.2 Å². The molecule has 3 rings (SSSR count). The van der Waals surface area contributed by atoms with Gasteiger partial charge in [-0.25, -0.2) is 19.3 Å². The van der Waals surface area contributed by atoms with Gasteiger partial charge in [-0.2, -0.15) is 5.10 Å². The van der Waals surface area contributed by atoms with Crippen LogP contribution in [0.4, 0.5) is 10.5 Å². The van der Waals surface area contributed by atoms with Gasteiger partial charge in [-0.05, 0) is 30.7 Å². The van der Waals surface area contributed by atoms with Gasteiger partial charge in [-0.15, -0.1) is 0 Å². The number of ether oxygens (including phenoxy) is 2. The van der Waals surface area contributed by atoms with Crippen molar-refractivity contribution in [2.75, 3.05) is 31.7 Å². The average Bonchev–Trinajstić information content (AvgIpc) is 3.27. The lowest BCUT2D eigenvalue weighted by atomic mass is 10.1. The number of hydrogen-bond donors (Lipinski definition) is 1. The number of esters is 1. The molecule has 1 saturated heterocycles. The van der Waals surface area contributed by atoms with Gasteiger partial charge in [-0.3, -0.25) is 4.90 Å². The molecule has 1 unspecified atom stereocenters. The van der Waals surface area contributed by atoms with Gasteiger partial charge in [0, 0.05) is 25.9 Å². The summed E-state index contributed by atoms with van der Waals surface area (Å²) in [7, 11) is 1.54. The molecule has 2 amide bonds. The van der Waals surface area contributed by atoms with E-state index >= 15 is 0 Å². The zero-order chi connectivity index (χ0) is 18.5. The van der Waals surface area contributed by atoms with E-state index in [1.54, 1.807) is 41.2 Å². The zero-order valence-corrected chi connectivity index (χ0v) is 14.7. The molecule has 2 aromatic rings. The van der Waals surface area contributed by atoms with Gasteiger partial charge >= 0.3 is 12.0 Å². The molecule has 1 N–H and O–H groups in total. The molecule has 0 spiro atoms. The second-order valence-electron chi connectivity index (χ2n) is 5.99. The van der Waals surface area contributed by atoms with Gasteiger partial charge in [0.05, 0.1) is 18.7 Å². The molecule has 1 aromatic carbocycles. The predicted octanol–water partition coefficient (Wildman–Crippen LogP) is 0.988. The van der Waals surface area contributed by atoms with Crippen molar-refractivity contribution in [3.05, 3.63) is 42.0 Å². The summed E-state index contributed by atoms with van der Waals surface area (Å²) in [5.74, 6) is -0.451. The number of aromatic nitrogens is 3. The number of hydrogen-bond acceptors (Lipinski definition) is 6. The van der Waals surface area contributed by atoms with Gasteiger partial charge in [0.1, 0.15) is 18.8 Å². The summed E-state index contributed by atoms with van der Waals surface area (Å²) in [6, 6.07) is 5.02. The number of nitrogens with one attached hydrogen (secondary N) is 1. The maximum absolute atomic E-state index is 12.5. The number of urea groups is 1. The van der Waals surface area contributed by atoms with E-state index in [1.165, 1.54) is 6.33 Å². The lowest BCUT2D eigenvalue weighted by molar-refractivity contribution is -0.000870. The Morgan fingerprint density at radius 3 is 2.88 bits per heavy atom. The van der Waals surface area contributed by atoms with Crippen molar-refractivity contribution in [1.82, 2.24) is 20.1 Å². The van der Waals surface area contributed by atoms with Crippen molar-refractivity contribution >= 4 is 17.7 Å². The van der Waals surface area contributed by atoms with E-state index in [9.17, 15) is 9.59 Å². The fraction of sp³-hybridized carbons (Fsp3) is 0.412. The third-order valence-corrected chi connectivity index (χ3v) is 4.06. The molecule has 9 heteroatoms. The largest absolute Gasteiger partial charge is 0.454 e. The number of methoxy groups -OCH3 is 1. The number of amides is 2. The number of anilines is 1. The van der Waals surface area contributed by atoms with Crippen molar-refractivity contribution in [3.63, 3.8) is 0 Å². The SMILES string of the molecule is COCC(Cn1cncn1)OC(=O)c1ccc(N2CCNC2=O)c(C)c1. The second kappa shape index (κ2) is 7.96. The lowest BCUT2D eigenvalue weighted by Gasteiger charge is -2.19. The maximum atomic E-state index is 12.5. The molecular formula is C17H21N5O4. The molecular weight excluding hydrogens is 338 g/mol. The Kier molecular flexibility index (Phi) is 5.47. The van der Waals surface area contributed by atoms with Crippen LogP contribution >= 0.6 is 0 Å². The van der Waals surface area contributed by atoms with E-state index in [1.807, 2.05) is 6.92 Å². The first-order valence-electron chi connectivity index (χ1n) is 8.27. The van der Waals surface area contributed by atoms with Gasteiger partial charge in [-0.1, -0.05) is 0 Å². The smallest absolute Gasteiger partial charge is 0.338 e. The maximum Gasteiger partial charge on any atom is 0.338 e. The molecule has 1 aromatic heterocycles. The van der Waals surface area contributed by atoms with E-state index < -0.39 is 12.1 Å². The summed E-state index contributed by atoms with van der Waals surface area (Å²) in [4.78, 5) is 29.8. The van der Waals surface area contributed by atoms with Crippen molar-refractivity contribution in [3.8, 4) is 0 Å². The average molecular weight is 359 g/mol. The van der Waals surface area contributed by atoms with Crippen LogP contribution in [0.5, 0.6) is 0 Å². The van der Waals surface area contributed by atoms with Crippen molar-refractivity contribution in [2.24, 2.45) is 0 Å². The van der Waals surface area contributed by atoms with Crippen LogP contribution in [-0.4, -0.2) is 59.7 Å². The highest BCUT2D eigenvalue weighted by molar-refractivity contribution is 5.96. The Balaban J connectivity index is 1.70. The molecule has 1 fully saturated rings. The van der Waals surface area contributed by atoms with Crippen LogP contribution in [0.2, 0.25) is 0 Å². The van der Waals surface area contributed by atoms with E-state index in [0.717, 1.165) is 11.3 Å². The third-order valence-electron chi connectivity index (χ3n) is 4.06. The molecule has 1 aliphatic heterocycles. The van der Waals surface area contributed by atoms with Gasteiger partial charge in [0.25, 0.3) is 0 Å². The highest BCUT2D eigenvalue weighted by Gasteiger charge is 2.24. The van der Waals surface area contributed by atoms with Crippen LogP contribution in [-0.2, 0) is 16.0 Å². The van der Waals surface area contributed by atoms with Crippen LogP contribution in [0.25, 0.3) is 0 Å². The molecule has 138 valence electrons. The molecule has 0 bridgehead atoms. The highest BCUT2D eigenvalue weighted by atomic mass is 16.6. The molecule has 26 heavy (non-hydrogen) atoms. The fourth-order valence-corrected chi connectivity index (χ4v) is 2.85. The zero-order valence-electron chi connectivity index (χ0n) is 14.7. The van der Waals surface area contributed by atoms with Gasteiger partial charge in [0.2, 0.25) is 0 Å². The predicted molar refractivity (Wildman–Crippen MR) is 93.0 cm³/mol. The first kappa shape index (κ1) is 17.9. The van der Waals surface area contributed by atoms with Crippen molar-refractivity contribution in [2.45, 2.75) is 19.6 Å². The lowest BCUT2D eigenvalue weighted by Crippen LogP contribution is -2.29. The van der Waals surface area contributed by atoms with E-state index in [4.69, 9.17) is 9.47 Å². The Morgan fingerprint density at radius 2 is 2.27 bits per heavy atom. The fourth-order valence-electron chi connectivity index (χ4n) is 2.85. The molecule has 0 saturated carbocycles. The number of carbonyl (C=O) groups is 2. The van der Waals surface area contributed by atoms with Crippen LogP contribution in [0.15, 0.2) is 30.9 Å². The second-order valence-corrected chi connectivity index (χ2v) is 5.99. The van der Waals surface area contributed by atoms with Crippen molar-refractivity contribution < 1.29 is 19.1 Å². The summed E-state index contributed by atoms with van der Waals surface area (Å²) in [5, 5.41) is 6.77. The van der Waals surface area contributed by atoms with E-state index in [-0.39, 0.29) is 12.6 Å². The normalized spacial score (nSPS) is 15.0. The van der Waals surface area contributed by atoms with Crippen LogP contribution in [0, 0.1) is 6.92 Å². The minimum absolute atomic E-state index is 0.128. The number of aryl methyl sites for hydroxylation is 1. The Labute approximate surface area is 150 Å². The first-order chi connectivity index (χ1) is 12.6. The molecule has 9 nitrogen and oxygen atoms in total. The monoisotopic (exact) mass is 359 g/mol. The van der Waals surface area contributed by atoms with Gasteiger partial charge in [0.15, 0.2) is 0 Å². The molecule has 1 atom stereocenters. The van der Waals surface area contributed by atoms with Gasteiger partial charge < -0.3 is 14.8 Å². The summed E-state index contributed by atoms with van der Waals surface area (Å²) >= 11 is 0. The van der Waals surface area contributed by atoms with Crippen molar-refractivity contribution in [1.29, 1.82) is 0 Å².